The first-order valence-electron chi connectivity index (χ1n) is 6.95. The average molecular weight is 338 g/mol. The van der Waals surface area contributed by atoms with Gasteiger partial charge in [-0.1, -0.05) is 41.4 Å². The molecular weight excluding hydrogens is 321 g/mol. The second-order valence-corrected chi connectivity index (χ2v) is 5.81. The van der Waals surface area contributed by atoms with E-state index >= 15 is 0 Å². The van der Waals surface area contributed by atoms with Crippen molar-refractivity contribution in [2.75, 3.05) is 12.3 Å². The number of ketones is 1. The Morgan fingerprint density at radius 2 is 1.82 bits per heavy atom. The first-order chi connectivity index (χ1) is 10.5. The van der Waals surface area contributed by atoms with Gasteiger partial charge in [0.1, 0.15) is 5.75 Å². The van der Waals surface area contributed by atoms with Gasteiger partial charge in [-0.15, -0.1) is 0 Å². The van der Waals surface area contributed by atoms with E-state index in [1.807, 2.05) is 31.2 Å². The standard InChI is InChI=1S/C17H17Cl2NO2/c1-11-5-2-3-7-16(11)22-8-4-6-15(21)12-9-13(18)17(20)14(19)10-12/h2-3,5,7,9-10H,4,6,8,20H2,1H3. The third-order valence-electron chi connectivity index (χ3n) is 3.30. The Kier molecular flexibility index (Phi) is 5.69. The molecule has 2 aromatic rings. The average Bonchev–Trinajstić information content (AvgIpc) is 2.50. The summed E-state index contributed by atoms with van der Waals surface area (Å²) in [6.45, 7) is 2.46. The molecule has 0 bridgehead atoms. The van der Waals surface area contributed by atoms with Crippen molar-refractivity contribution >= 4 is 34.7 Å². The van der Waals surface area contributed by atoms with Crippen molar-refractivity contribution in [2.24, 2.45) is 0 Å². The maximum atomic E-state index is 12.1. The molecule has 0 spiro atoms. The Bertz CT molecular complexity index is 663. The highest BCUT2D eigenvalue weighted by Gasteiger charge is 2.11. The number of Topliss-reactive ketones (excluding diaryl/α,β-unsaturated/α-hetero) is 1. The molecular formula is C17H17Cl2NO2. The number of hydrogen-bond acceptors (Lipinski definition) is 3. The van der Waals surface area contributed by atoms with Crippen LogP contribution in [0, 0.1) is 6.92 Å². The predicted molar refractivity (Wildman–Crippen MR) is 91.1 cm³/mol. The van der Waals surface area contributed by atoms with Crippen LogP contribution in [0.25, 0.3) is 0 Å². The molecule has 0 aliphatic rings. The van der Waals surface area contributed by atoms with Gasteiger partial charge in [0, 0.05) is 12.0 Å². The summed E-state index contributed by atoms with van der Waals surface area (Å²) >= 11 is 11.9. The Balaban J connectivity index is 1.87. The summed E-state index contributed by atoms with van der Waals surface area (Å²) in [5.41, 5.74) is 7.50. The molecule has 0 fully saturated rings. The molecule has 0 aliphatic heterocycles. The summed E-state index contributed by atoms with van der Waals surface area (Å²) in [5.74, 6) is 0.811. The SMILES string of the molecule is Cc1ccccc1OCCCC(=O)c1cc(Cl)c(N)c(Cl)c1. The number of ether oxygens (including phenoxy) is 1. The van der Waals surface area contributed by atoms with Crippen LogP contribution in [0.1, 0.15) is 28.8 Å². The number of aryl methyl sites for hydroxylation is 1. The fraction of sp³-hybridized carbons (Fsp3) is 0.235. The van der Waals surface area contributed by atoms with Crippen molar-refractivity contribution in [3.63, 3.8) is 0 Å². The Labute approximate surface area is 140 Å². The van der Waals surface area contributed by atoms with Crippen LogP contribution in [0.2, 0.25) is 10.0 Å². The monoisotopic (exact) mass is 337 g/mol. The van der Waals surface area contributed by atoms with Crippen molar-refractivity contribution in [1.82, 2.24) is 0 Å². The van der Waals surface area contributed by atoms with Gasteiger partial charge in [0.25, 0.3) is 0 Å². The Hall–Kier alpha value is -1.71. The second kappa shape index (κ2) is 7.52. The fourth-order valence-corrected chi connectivity index (χ4v) is 2.51. The zero-order chi connectivity index (χ0) is 16.1. The van der Waals surface area contributed by atoms with Gasteiger partial charge in [-0.05, 0) is 37.1 Å². The van der Waals surface area contributed by atoms with Crippen LogP contribution in [0.3, 0.4) is 0 Å². The van der Waals surface area contributed by atoms with E-state index in [1.165, 1.54) is 0 Å². The lowest BCUT2D eigenvalue weighted by Gasteiger charge is -2.09. The third kappa shape index (κ3) is 4.15. The van der Waals surface area contributed by atoms with Crippen molar-refractivity contribution < 1.29 is 9.53 Å². The summed E-state index contributed by atoms with van der Waals surface area (Å²) < 4.78 is 5.67. The molecule has 0 saturated carbocycles. The summed E-state index contributed by atoms with van der Waals surface area (Å²) in [5, 5.41) is 0.596. The van der Waals surface area contributed by atoms with Gasteiger partial charge < -0.3 is 10.5 Å². The van der Waals surface area contributed by atoms with Crippen LogP contribution in [0.5, 0.6) is 5.75 Å². The van der Waals surface area contributed by atoms with Gasteiger partial charge in [0.05, 0.1) is 22.3 Å². The van der Waals surface area contributed by atoms with E-state index in [0.29, 0.717) is 40.7 Å². The molecule has 2 N–H and O–H groups in total. The summed E-state index contributed by atoms with van der Waals surface area (Å²) in [7, 11) is 0. The molecule has 0 aliphatic carbocycles. The number of hydrogen-bond donors (Lipinski definition) is 1. The van der Waals surface area contributed by atoms with E-state index in [4.69, 9.17) is 33.7 Å². The number of halogens is 2. The number of carbonyl (C=O) groups excluding carboxylic acids is 1. The number of nitrogen functional groups attached to an aromatic ring is 1. The van der Waals surface area contributed by atoms with Crippen LogP contribution in [0.15, 0.2) is 36.4 Å². The third-order valence-corrected chi connectivity index (χ3v) is 3.93. The zero-order valence-corrected chi connectivity index (χ0v) is 13.7. The van der Waals surface area contributed by atoms with E-state index in [0.717, 1.165) is 11.3 Å². The minimum Gasteiger partial charge on any atom is -0.493 e. The van der Waals surface area contributed by atoms with E-state index < -0.39 is 0 Å². The van der Waals surface area contributed by atoms with E-state index in [9.17, 15) is 4.79 Å². The predicted octanol–water partition coefficient (Wildman–Crippen LogP) is 4.93. The molecule has 116 valence electrons. The molecule has 3 nitrogen and oxygen atoms in total. The zero-order valence-electron chi connectivity index (χ0n) is 12.2. The summed E-state index contributed by atoms with van der Waals surface area (Å²) in [6, 6.07) is 10.9. The van der Waals surface area contributed by atoms with Gasteiger partial charge in [0.15, 0.2) is 5.78 Å². The number of carbonyl (C=O) groups is 1. The molecule has 0 radical (unpaired) electrons. The first kappa shape index (κ1) is 16.7. The number of benzene rings is 2. The molecule has 0 aromatic heterocycles. The fourth-order valence-electron chi connectivity index (χ4n) is 2.02. The number of nitrogens with two attached hydrogens (primary N) is 1. The molecule has 0 unspecified atom stereocenters. The van der Waals surface area contributed by atoms with Crippen LogP contribution >= 0.6 is 23.2 Å². The van der Waals surface area contributed by atoms with E-state index in [1.54, 1.807) is 12.1 Å². The smallest absolute Gasteiger partial charge is 0.163 e. The Morgan fingerprint density at radius 1 is 1.18 bits per heavy atom. The van der Waals surface area contributed by atoms with Gasteiger partial charge in [-0.25, -0.2) is 0 Å². The summed E-state index contributed by atoms with van der Waals surface area (Å²) in [6.07, 6.45) is 0.981. The summed E-state index contributed by atoms with van der Waals surface area (Å²) in [4.78, 5) is 12.1. The molecule has 5 heteroatoms. The lowest BCUT2D eigenvalue weighted by molar-refractivity contribution is 0.0973. The van der Waals surface area contributed by atoms with Crippen LogP contribution in [0.4, 0.5) is 5.69 Å². The van der Waals surface area contributed by atoms with Crippen LogP contribution in [-0.2, 0) is 0 Å². The molecule has 0 heterocycles. The normalized spacial score (nSPS) is 10.5. The van der Waals surface area contributed by atoms with Crippen molar-refractivity contribution in [3.05, 3.63) is 57.6 Å². The lowest BCUT2D eigenvalue weighted by Crippen LogP contribution is -2.05. The quantitative estimate of drug-likeness (QED) is 0.462. The second-order valence-electron chi connectivity index (χ2n) is 4.99. The maximum Gasteiger partial charge on any atom is 0.163 e. The van der Waals surface area contributed by atoms with E-state index in [-0.39, 0.29) is 5.78 Å². The highest BCUT2D eigenvalue weighted by molar-refractivity contribution is 6.39. The van der Waals surface area contributed by atoms with Crippen LogP contribution in [-0.4, -0.2) is 12.4 Å². The van der Waals surface area contributed by atoms with Crippen molar-refractivity contribution in [1.29, 1.82) is 0 Å². The van der Waals surface area contributed by atoms with Gasteiger partial charge in [0.2, 0.25) is 0 Å². The maximum absolute atomic E-state index is 12.1. The van der Waals surface area contributed by atoms with Crippen molar-refractivity contribution in [3.8, 4) is 5.75 Å². The van der Waals surface area contributed by atoms with Gasteiger partial charge in [-0.2, -0.15) is 0 Å². The van der Waals surface area contributed by atoms with Crippen LogP contribution < -0.4 is 10.5 Å². The number of anilines is 1. The largest absolute Gasteiger partial charge is 0.493 e. The van der Waals surface area contributed by atoms with Crippen molar-refractivity contribution in [2.45, 2.75) is 19.8 Å². The molecule has 0 atom stereocenters. The molecule has 0 saturated heterocycles. The molecule has 2 rings (SSSR count). The minimum atomic E-state index is -0.0304. The number of rotatable bonds is 6. The Morgan fingerprint density at radius 3 is 2.45 bits per heavy atom. The topological polar surface area (TPSA) is 52.3 Å². The highest BCUT2D eigenvalue weighted by atomic mass is 35.5. The minimum absolute atomic E-state index is 0.0304. The van der Waals surface area contributed by atoms with Gasteiger partial charge >= 0.3 is 0 Å². The molecule has 22 heavy (non-hydrogen) atoms. The highest BCUT2D eigenvalue weighted by Crippen LogP contribution is 2.29. The van der Waals surface area contributed by atoms with E-state index in [2.05, 4.69) is 0 Å². The lowest BCUT2D eigenvalue weighted by atomic mass is 10.1. The molecule has 2 aromatic carbocycles. The number of para-hydroxylation sites is 1. The molecule has 0 amide bonds. The first-order valence-corrected chi connectivity index (χ1v) is 7.71. The van der Waals surface area contributed by atoms with Gasteiger partial charge in [-0.3, -0.25) is 4.79 Å².